The molecule has 15 heavy (non-hydrogen) atoms. The first-order valence-corrected chi connectivity index (χ1v) is 5.75. The van der Waals surface area contributed by atoms with Gasteiger partial charge in [0.2, 0.25) is 0 Å². The summed E-state index contributed by atoms with van der Waals surface area (Å²) in [6.45, 7) is 7.12. The number of hydrogen-bond acceptors (Lipinski definition) is 2. The minimum absolute atomic E-state index is 0.0658. The van der Waals surface area contributed by atoms with Crippen molar-refractivity contribution in [3.63, 3.8) is 0 Å². The number of hydrogen-bond donors (Lipinski definition) is 1. The Bertz CT molecular complexity index is 225. The van der Waals surface area contributed by atoms with Gasteiger partial charge in [0.05, 0.1) is 12.5 Å². The molecule has 2 atom stereocenters. The fourth-order valence-electron chi connectivity index (χ4n) is 2.39. The molecule has 0 aromatic heterocycles. The molecule has 3 heteroatoms. The van der Waals surface area contributed by atoms with E-state index in [4.69, 9.17) is 9.84 Å². The summed E-state index contributed by atoms with van der Waals surface area (Å²) < 4.78 is 5.67. The summed E-state index contributed by atoms with van der Waals surface area (Å²) in [5.41, 5.74) is -0.0658. The van der Waals surface area contributed by atoms with Crippen molar-refractivity contribution in [3.8, 4) is 0 Å². The lowest BCUT2D eigenvalue weighted by Gasteiger charge is -2.37. The Morgan fingerprint density at radius 2 is 2.27 bits per heavy atom. The minimum Gasteiger partial charge on any atom is -0.481 e. The van der Waals surface area contributed by atoms with Crippen LogP contribution >= 0.6 is 0 Å². The Labute approximate surface area is 91.8 Å². The second-order valence-electron chi connectivity index (χ2n) is 5.46. The highest BCUT2D eigenvalue weighted by molar-refractivity contribution is 5.67. The van der Waals surface area contributed by atoms with Crippen LogP contribution in [0.1, 0.15) is 46.5 Å². The number of rotatable bonds is 4. The van der Waals surface area contributed by atoms with E-state index in [1.165, 1.54) is 0 Å². The molecule has 0 saturated carbocycles. The first kappa shape index (κ1) is 12.5. The van der Waals surface area contributed by atoms with Crippen molar-refractivity contribution < 1.29 is 14.6 Å². The molecule has 0 aliphatic carbocycles. The van der Waals surface area contributed by atoms with Gasteiger partial charge < -0.3 is 9.84 Å². The van der Waals surface area contributed by atoms with Gasteiger partial charge in [0.1, 0.15) is 0 Å². The summed E-state index contributed by atoms with van der Waals surface area (Å²) in [5, 5.41) is 8.86. The SMILES string of the molecule is CC(C)C[C@H]1C[C@](C)(CC(=O)O)CCO1. The van der Waals surface area contributed by atoms with E-state index in [1.807, 2.05) is 0 Å². The zero-order chi connectivity index (χ0) is 11.5. The van der Waals surface area contributed by atoms with Gasteiger partial charge in [-0.15, -0.1) is 0 Å². The molecule has 1 heterocycles. The third-order valence-corrected chi connectivity index (χ3v) is 3.09. The second kappa shape index (κ2) is 4.97. The smallest absolute Gasteiger partial charge is 0.303 e. The zero-order valence-electron chi connectivity index (χ0n) is 9.95. The van der Waals surface area contributed by atoms with Crippen molar-refractivity contribution in [2.75, 3.05) is 6.61 Å². The fraction of sp³-hybridized carbons (Fsp3) is 0.917. The monoisotopic (exact) mass is 214 g/mol. The molecule has 0 aromatic carbocycles. The van der Waals surface area contributed by atoms with Crippen LogP contribution in [0, 0.1) is 11.3 Å². The van der Waals surface area contributed by atoms with Crippen molar-refractivity contribution in [1.29, 1.82) is 0 Å². The number of carboxylic acid groups (broad SMARTS) is 1. The van der Waals surface area contributed by atoms with Gasteiger partial charge in [0.25, 0.3) is 0 Å². The van der Waals surface area contributed by atoms with E-state index in [-0.39, 0.29) is 17.9 Å². The third-order valence-electron chi connectivity index (χ3n) is 3.09. The molecule has 0 radical (unpaired) electrons. The maximum Gasteiger partial charge on any atom is 0.303 e. The number of ether oxygens (including phenoxy) is 1. The van der Waals surface area contributed by atoms with E-state index in [9.17, 15) is 4.79 Å². The molecule has 1 aliphatic rings. The van der Waals surface area contributed by atoms with Crippen molar-refractivity contribution in [1.82, 2.24) is 0 Å². The highest BCUT2D eigenvalue weighted by Gasteiger charge is 2.34. The first-order valence-electron chi connectivity index (χ1n) is 5.75. The summed E-state index contributed by atoms with van der Waals surface area (Å²) in [4.78, 5) is 10.8. The Morgan fingerprint density at radius 3 is 2.80 bits per heavy atom. The maximum absolute atomic E-state index is 10.8. The first-order chi connectivity index (χ1) is 6.91. The van der Waals surface area contributed by atoms with Gasteiger partial charge in [-0.25, -0.2) is 0 Å². The van der Waals surface area contributed by atoms with Gasteiger partial charge in [-0.2, -0.15) is 0 Å². The lowest BCUT2D eigenvalue weighted by Crippen LogP contribution is -2.35. The van der Waals surface area contributed by atoms with Gasteiger partial charge in [0.15, 0.2) is 0 Å². The second-order valence-corrected chi connectivity index (χ2v) is 5.46. The number of aliphatic carboxylic acids is 1. The summed E-state index contributed by atoms with van der Waals surface area (Å²) in [5.74, 6) is -0.0788. The lowest BCUT2D eigenvalue weighted by molar-refractivity contribution is -0.142. The van der Waals surface area contributed by atoms with E-state index in [0.29, 0.717) is 12.5 Å². The average Bonchev–Trinajstić information content (AvgIpc) is 1.99. The van der Waals surface area contributed by atoms with Gasteiger partial charge in [-0.05, 0) is 30.6 Å². The summed E-state index contributed by atoms with van der Waals surface area (Å²) in [6.07, 6.45) is 3.31. The molecule has 3 nitrogen and oxygen atoms in total. The quantitative estimate of drug-likeness (QED) is 0.782. The summed E-state index contributed by atoms with van der Waals surface area (Å²) in [7, 11) is 0. The van der Waals surface area contributed by atoms with Crippen LogP contribution in [0.3, 0.4) is 0 Å². The van der Waals surface area contributed by atoms with Crippen LogP contribution in [0.4, 0.5) is 0 Å². The lowest BCUT2D eigenvalue weighted by atomic mass is 9.76. The Morgan fingerprint density at radius 1 is 1.60 bits per heavy atom. The predicted octanol–water partition coefficient (Wildman–Crippen LogP) is 2.69. The highest BCUT2D eigenvalue weighted by Crippen LogP contribution is 2.37. The fourth-order valence-corrected chi connectivity index (χ4v) is 2.39. The molecule has 1 rings (SSSR count). The van der Waals surface area contributed by atoms with E-state index in [0.717, 1.165) is 19.3 Å². The predicted molar refractivity (Wildman–Crippen MR) is 58.8 cm³/mol. The van der Waals surface area contributed by atoms with E-state index >= 15 is 0 Å². The molecule has 0 unspecified atom stereocenters. The van der Waals surface area contributed by atoms with Gasteiger partial charge in [0, 0.05) is 6.61 Å². The molecule has 1 fully saturated rings. The standard InChI is InChI=1S/C12H22O3/c1-9(2)6-10-7-12(3,4-5-15-10)8-11(13)14/h9-10H,4-8H2,1-3H3,(H,13,14)/t10-,12+/m0/s1. The van der Waals surface area contributed by atoms with Crippen molar-refractivity contribution in [2.45, 2.75) is 52.6 Å². The Hall–Kier alpha value is -0.570. The Kier molecular flexibility index (Phi) is 4.14. The number of carbonyl (C=O) groups is 1. The Balaban J connectivity index is 2.50. The molecular formula is C12H22O3. The van der Waals surface area contributed by atoms with Crippen molar-refractivity contribution in [2.24, 2.45) is 11.3 Å². The topological polar surface area (TPSA) is 46.5 Å². The molecule has 0 bridgehead atoms. The molecule has 1 N–H and O–H groups in total. The molecular weight excluding hydrogens is 192 g/mol. The molecule has 0 aromatic rings. The number of carboxylic acids is 1. The third kappa shape index (κ3) is 4.20. The van der Waals surface area contributed by atoms with Crippen LogP contribution in [-0.4, -0.2) is 23.8 Å². The average molecular weight is 214 g/mol. The molecule has 0 amide bonds. The molecule has 1 saturated heterocycles. The maximum atomic E-state index is 10.8. The van der Waals surface area contributed by atoms with Crippen LogP contribution in [0.2, 0.25) is 0 Å². The van der Waals surface area contributed by atoms with E-state index in [1.54, 1.807) is 0 Å². The highest BCUT2D eigenvalue weighted by atomic mass is 16.5. The molecule has 0 spiro atoms. The van der Waals surface area contributed by atoms with Crippen LogP contribution < -0.4 is 0 Å². The minimum atomic E-state index is -0.692. The van der Waals surface area contributed by atoms with Gasteiger partial charge in [-0.1, -0.05) is 20.8 Å². The summed E-state index contributed by atoms with van der Waals surface area (Å²) >= 11 is 0. The van der Waals surface area contributed by atoms with Crippen molar-refractivity contribution >= 4 is 5.97 Å². The zero-order valence-corrected chi connectivity index (χ0v) is 9.95. The molecule has 1 aliphatic heterocycles. The van der Waals surface area contributed by atoms with Gasteiger partial charge in [-0.3, -0.25) is 4.79 Å². The summed E-state index contributed by atoms with van der Waals surface area (Å²) in [6, 6.07) is 0. The van der Waals surface area contributed by atoms with Crippen LogP contribution in [0.5, 0.6) is 0 Å². The van der Waals surface area contributed by atoms with Crippen LogP contribution in [0.25, 0.3) is 0 Å². The van der Waals surface area contributed by atoms with Crippen molar-refractivity contribution in [3.05, 3.63) is 0 Å². The van der Waals surface area contributed by atoms with E-state index in [2.05, 4.69) is 20.8 Å². The van der Waals surface area contributed by atoms with E-state index < -0.39 is 5.97 Å². The molecule has 88 valence electrons. The van der Waals surface area contributed by atoms with Crippen LogP contribution in [-0.2, 0) is 9.53 Å². The van der Waals surface area contributed by atoms with Crippen LogP contribution in [0.15, 0.2) is 0 Å². The normalized spacial score (nSPS) is 31.9. The van der Waals surface area contributed by atoms with Gasteiger partial charge >= 0.3 is 5.97 Å². The largest absolute Gasteiger partial charge is 0.481 e.